The Bertz CT molecular complexity index is 468. The summed E-state index contributed by atoms with van der Waals surface area (Å²) in [5.41, 5.74) is 0.995. The Balaban J connectivity index is 0.00000162. The van der Waals surface area contributed by atoms with E-state index in [-0.39, 0.29) is 12.4 Å². The number of hydrogen-bond acceptors (Lipinski definition) is 2. The molecule has 0 aromatic heterocycles. The second kappa shape index (κ2) is 5.28. The van der Waals surface area contributed by atoms with Gasteiger partial charge in [-0.15, -0.1) is 12.4 Å². The van der Waals surface area contributed by atoms with Crippen LogP contribution in [0.15, 0.2) is 18.2 Å². The molecule has 1 heterocycles. The summed E-state index contributed by atoms with van der Waals surface area (Å²) in [5.74, 6) is -3.13. The Labute approximate surface area is 114 Å². The van der Waals surface area contributed by atoms with E-state index in [1.54, 1.807) is 6.92 Å². The highest BCUT2D eigenvalue weighted by atomic mass is 35.5. The van der Waals surface area contributed by atoms with Crippen LogP contribution < -0.4 is 5.32 Å². The number of ether oxygens (including phenoxy) is 1. The summed E-state index contributed by atoms with van der Waals surface area (Å²) in [6.07, 6.45) is -0.839. The second-order valence-corrected chi connectivity index (χ2v) is 4.33. The second-order valence-electron chi connectivity index (χ2n) is 3.92. The zero-order valence-electron chi connectivity index (χ0n) is 9.38. The fourth-order valence-electron chi connectivity index (χ4n) is 1.68. The minimum absolute atomic E-state index is 0. The van der Waals surface area contributed by atoms with E-state index in [2.05, 4.69) is 10.1 Å². The lowest BCUT2D eigenvalue weighted by Gasteiger charge is -2.32. The highest BCUT2D eigenvalue weighted by Crippen LogP contribution is 2.35. The van der Waals surface area contributed by atoms with E-state index in [9.17, 15) is 13.6 Å². The van der Waals surface area contributed by atoms with Crippen molar-refractivity contribution < 1.29 is 18.3 Å². The van der Waals surface area contributed by atoms with E-state index >= 15 is 0 Å². The first-order chi connectivity index (χ1) is 7.90. The van der Waals surface area contributed by atoms with Crippen LogP contribution in [0.5, 0.6) is 0 Å². The zero-order chi connectivity index (χ0) is 12.6. The average Bonchev–Trinajstić information content (AvgIpc) is 2.26. The number of rotatable bonds is 1. The van der Waals surface area contributed by atoms with Crippen LogP contribution in [0.3, 0.4) is 0 Å². The maximum absolute atomic E-state index is 13.6. The molecule has 0 saturated carbocycles. The van der Waals surface area contributed by atoms with Crippen LogP contribution in [0.25, 0.3) is 0 Å². The van der Waals surface area contributed by atoms with E-state index in [1.807, 2.05) is 0 Å². The predicted molar refractivity (Wildman–Crippen MR) is 65.6 cm³/mol. The lowest BCUT2D eigenvalue weighted by molar-refractivity contribution is -0.104. The highest BCUT2D eigenvalue weighted by molar-refractivity contribution is 6.31. The van der Waals surface area contributed by atoms with Crippen LogP contribution in [0, 0.1) is 6.92 Å². The summed E-state index contributed by atoms with van der Waals surface area (Å²) in [6, 6.07) is 3.16. The minimum atomic E-state index is -3.13. The third kappa shape index (κ3) is 2.84. The van der Waals surface area contributed by atoms with Crippen molar-refractivity contribution in [1.29, 1.82) is 0 Å². The SMILES string of the molecule is Cc1cc([C@H]2NC(=O)OCC2(F)F)ccc1Cl.Cl. The predicted octanol–water partition coefficient (Wildman–Crippen LogP) is 3.49. The number of nitrogens with one attached hydrogen (secondary N) is 1. The number of alkyl carbamates (subject to hydrolysis) is 1. The molecule has 1 atom stereocenters. The number of aryl methyl sites for hydroxylation is 1. The van der Waals surface area contributed by atoms with Crippen molar-refractivity contribution in [3.8, 4) is 0 Å². The standard InChI is InChI=1S/C11H10ClF2NO2.ClH/c1-6-4-7(2-3-8(6)12)9-11(13,14)5-17-10(16)15-9;/h2-4,9H,5H2,1H3,(H,15,16);1H/t9-;/m1./s1. The van der Waals surface area contributed by atoms with Crippen LogP contribution >= 0.6 is 24.0 Å². The van der Waals surface area contributed by atoms with Gasteiger partial charge in [-0.25, -0.2) is 13.6 Å². The molecule has 18 heavy (non-hydrogen) atoms. The highest BCUT2D eigenvalue weighted by Gasteiger charge is 2.46. The first kappa shape index (κ1) is 15.0. The van der Waals surface area contributed by atoms with Crippen molar-refractivity contribution in [1.82, 2.24) is 5.32 Å². The van der Waals surface area contributed by atoms with Crippen LogP contribution in [-0.2, 0) is 4.74 Å². The van der Waals surface area contributed by atoms with E-state index in [0.29, 0.717) is 16.1 Å². The fourth-order valence-corrected chi connectivity index (χ4v) is 1.80. The van der Waals surface area contributed by atoms with Crippen molar-refractivity contribution in [3.63, 3.8) is 0 Å². The molecule has 0 radical (unpaired) electrons. The van der Waals surface area contributed by atoms with Gasteiger partial charge in [0.25, 0.3) is 0 Å². The largest absolute Gasteiger partial charge is 0.443 e. The van der Waals surface area contributed by atoms with Gasteiger partial charge in [-0.05, 0) is 24.1 Å². The molecule has 0 bridgehead atoms. The lowest BCUT2D eigenvalue weighted by atomic mass is 9.98. The van der Waals surface area contributed by atoms with Gasteiger partial charge in [0.2, 0.25) is 0 Å². The van der Waals surface area contributed by atoms with E-state index in [0.717, 1.165) is 0 Å². The van der Waals surface area contributed by atoms with Gasteiger partial charge >= 0.3 is 12.0 Å². The topological polar surface area (TPSA) is 38.3 Å². The number of cyclic esters (lactones) is 1. The molecular weight excluding hydrogens is 287 g/mol. The number of carbonyl (C=O) groups is 1. The smallest absolute Gasteiger partial charge is 0.408 e. The molecule has 3 nitrogen and oxygen atoms in total. The summed E-state index contributed by atoms with van der Waals surface area (Å²) in [7, 11) is 0. The van der Waals surface area contributed by atoms with Crippen LogP contribution in [0.4, 0.5) is 13.6 Å². The molecule has 1 aromatic rings. The summed E-state index contributed by atoms with van der Waals surface area (Å²) in [6.45, 7) is 0.802. The molecule has 7 heteroatoms. The fraction of sp³-hybridized carbons (Fsp3) is 0.364. The Hall–Kier alpha value is -1.07. The van der Waals surface area contributed by atoms with Gasteiger partial charge in [0.05, 0.1) is 0 Å². The molecule has 0 aliphatic carbocycles. The van der Waals surface area contributed by atoms with Crippen molar-refractivity contribution in [2.24, 2.45) is 0 Å². The number of alkyl halides is 2. The molecule has 1 amide bonds. The van der Waals surface area contributed by atoms with Crippen molar-refractivity contribution in [2.75, 3.05) is 6.61 Å². The molecule has 1 aliphatic heterocycles. The van der Waals surface area contributed by atoms with Crippen molar-refractivity contribution in [3.05, 3.63) is 34.3 Å². The Morgan fingerprint density at radius 1 is 1.50 bits per heavy atom. The molecule has 1 saturated heterocycles. The molecule has 2 rings (SSSR count). The summed E-state index contributed by atoms with van der Waals surface area (Å²) >= 11 is 5.82. The van der Waals surface area contributed by atoms with E-state index in [4.69, 9.17) is 11.6 Å². The van der Waals surface area contributed by atoms with Crippen LogP contribution in [-0.4, -0.2) is 18.6 Å². The molecule has 1 fully saturated rings. The molecule has 1 aliphatic rings. The van der Waals surface area contributed by atoms with Gasteiger partial charge in [0.1, 0.15) is 6.04 Å². The number of benzene rings is 1. The molecule has 100 valence electrons. The molecule has 0 unspecified atom stereocenters. The summed E-state index contributed by atoms with van der Waals surface area (Å²) < 4.78 is 31.4. The first-order valence-corrected chi connectivity index (χ1v) is 5.35. The third-order valence-electron chi connectivity index (χ3n) is 2.60. The van der Waals surface area contributed by atoms with Gasteiger partial charge in [0, 0.05) is 5.02 Å². The molecule has 1 N–H and O–H groups in total. The van der Waals surface area contributed by atoms with Gasteiger partial charge in [-0.2, -0.15) is 0 Å². The van der Waals surface area contributed by atoms with Gasteiger partial charge in [-0.3, -0.25) is 0 Å². The Morgan fingerprint density at radius 3 is 2.78 bits per heavy atom. The Morgan fingerprint density at radius 2 is 2.17 bits per heavy atom. The maximum atomic E-state index is 13.6. The van der Waals surface area contributed by atoms with Crippen molar-refractivity contribution >= 4 is 30.1 Å². The normalized spacial score (nSPS) is 21.6. The van der Waals surface area contributed by atoms with Crippen molar-refractivity contribution in [2.45, 2.75) is 18.9 Å². The van der Waals surface area contributed by atoms with Crippen LogP contribution in [0.1, 0.15) is 17.2 Å². The number of amides is 1. The van der Waals surface area contributed by atoms with Gasteiger partial charge < -0.3 is 10.1 Å². The average molecular weight is 298 g/mol. The minimum Gasteiger partial charge on any atom is -0.443 e. The maximum Gasteiger partial charge on any atom is 0.408 e. The quantitative estimate of drug-likeness (QED) is 0.862. The molecule has 1 aromatic carbocycles. The number of carbonyl (C=O) groups excluding carboxylic acids is 1. The number of halogens is 4. The Kier molecular flexibility index (Phi) is 4.40. The van der Waals surface area contributed by atoms with Crippen LogP contribution in [0.2, 0.25) is 5.02 Å². The van der Waals surface area contributed by atoms with Gasteiger partial charge in [0.15, 0.2) is 6.61 Å². The summed E-state index contributed by atoms with van der Waals surface area (Å²) in [4.78, 5) is 11.0. The monoisotopic (exact) mass is 297 g/mol. The third-order valence-corrected chi connectivity index (χ3v) is 3.02. The van der Waals surface area contributed by atoms with E-state index in [1.165, 1.54) is 18.2 Å². The summed E-state index contributed by atoms with van der Waals surface area (Å²) in [5, 5.41) is 2.61. The lowest BCUT2D eigenvalue weighted by Crippen LogP contribution is -2.49. The molecule has 0 spiro atoms. The zero-order valence-corrected chi connectivity index (χ0v) is 10.9. The van der Waals surface area contributed by atoms with E-state index < -0.39 is 24.7 Å². The molecular formula is C11H11Cl2F2NO2. The van der Waals surface area contributed by atoms with Gasteiger partial charge in [-0.1, -0.05) is 23.7 Å². The number of hydrogen-bond donors (Lipinski definition) is 1. The first-order valence-electron chi connectivity index (χ1n) is 4.97.